The molecule has 1 fully saturated rings. The van der Waals surface area contributed by atoms with Crippen molar-refractivity contribution in [2.45, 2.75) is 17.9 Å². The normalized spacial score (nSPS) is 22.6. The zero-order valence-corrected chi connectivity index (χ0v) is 11.4. The van der Waals surface area contributed by atoms with Gasteiger partial charge in [0.15, 0.2) is 9.84 Å². The van der Waals surface area contributed by atoms with Gasteiger partial charge in [-0.2, -0.15) is 0 Å². The van der Waals surface area contributed by atoms with Gasteiger partial charge in [-0.05, 0) is 24.6 Å². The molecule has 0 saturated carbocycles. The van der Waals surface area contributed by atoms with Crippen LogP contribution in [0, 0.1) is 5.82 Å². The fourth-order valence-electron chi connectivity index (χ4n) is 1.80. The molecule has 6 heteroatoms. The van der Waals surface area contributed by atoms with E-state index >= 15 is 0 Å². The van der Waals surface area contributed by atoms with Crippen molar-refractivity contribution in [1.82, 2.24) is 0 Å². The number of hydrogen-bond acceptors (Lipinski definition) is 3. The van der Waals surface area contributed by atoms with Gasteiger partial charge in [0.2, 0.25) is 0 Å². The molecular formula is C11H12BrFO3S. The Bertz CT molecular complexity index is 515. The van der Waals surface area contributed by atoms with E-state index in [2.05, 4.69) is 15.9 Å². The Hall–Kier alpha value is -0.620. The SMILES string of the molecule is O=S1(=O)CCC(Oc2ccc(F)cc2CBr)C1. The lowest BCUT2D eigenvalue weighted by atomic mass is 10.2. The predicted octanol–water partition coefficient (Wildman–Crippen LogP) is 2.29. The molecule has 1 aromatic carbocycles. The summed E-state index contributed by atoms with van der Waals surface area (Å²) in [6.45, 7) is 0. The van der Waals surface area contributed by atoms with Gasteiger partial charge in [-0.15, -0.1) is 0 Å². The highest BCUT2D eigenvalue weighted by Gasteiger charge is 2.29. The van der Waals surface area contributed by atoms with Gasteiger partial charge >= 0.3 is 0 Å². The maximum atomic E-state index is 13.0. The number of benzene rings is 1. The Morgan fingerprint density at radius 3 is 2.82 bits per heavy atom. The third kappa shape index (κ3) is 3.19. The molecule has 1 aliphatic heterocycles. The molecule has 0 aromatic heterocycles. The number of halogens is 2. The zero-order valence-electron chi connectivity index (χ0n) is 9.03. The second kappa shape index (κ2) is 4.94. The third-order valence-corrected chi connectivity index (χ3v) is 4.99. The second-order valence-electron chi connectivity index (χ2n) is 4.03. The van der Waals surface area contributed by atoms with Crippen LogP contribution in [0.1, 0.15) is 12.0 Å². The molecule has 1 atom stereocenters. The smallest absolute Gasteiger partial charge is 0.154 e. The molecule has 0 amide bonds. The summed E-state index contributed by atoms with van der Waals surface area (Å²) in [4.78, 5) is 0. The summed E-state index contributed by atoms with van der Waals surface area (Å²) in [6.07, 6.45) is 0.185. The standard InChI is InChI=1S/C11H12BrFO3S/c12-6-8-5-9(13)1-2-11(8)16-10-3-4-17(14,15)7-10/h1-2,5,10H,3-4,6-7H2. The fourth-order valence-corrected chi connectivity index (χ4v) is 3.83. The minimum absolute atomic E-state index is 0.0477. The van der Waals surface area contributed by atoms with E-state index in [1.807, 2.05) is 0 Å². The van der Waals surface area contributed by atoms with Crippen LogP contribution in [0.2, 0.25) is 0 Å². The Morgan fingerprint density at radius 2 is 2.24 bits per heavy atom. The van der Waals surface area contributed by atoms with E-state index in [-0.39, 0.29) is 23.4 Å². The lowest BCUT2D eigenvalue weighted by Crippen LogP contribution is -2.18. The van der Waals surface area contributed by atoms with Gasteiger partial charge in [0, 0.05) is 10.9 Å². The van der Waals surface area contributed by atoms with Gasteiger partial charge in [0.1, 0.15) is 17.7 Å². The zero-order chi connectivity index (χ0) is 12.5. The molecule has 1 saturated heterocycles. The van der Waals surface area contributed by atoms with Crippen LogP contribution < -0.4 is 4.74 Å². The fraction of sp³-hybridized carbons (Fsp3) is 0.455. The van der Waals surface area contributed by atoms with Crippen LogP contribution in [0.4, 0.5) is 4.39 Å². The molecule has 2 rings (SSSR count). The summed E-state index contributed by atoms with van der Waals surface area (Å²) in [7, 11) is -2.95. The molecule has 0 N–H and O–H groups in total. The summed E-state index contributed by atoms with van der Waals surface area (Å²) in [6, 6.07) is 4.23. The molecule has 0 aliphatic carbocycles. The van der Waals surface area contributed by atoms with Gasteiger partial charge in [-0.25, -0.2) is 12.8 Å². The van der Waals surface area contributed by atoms with Crippen molar-refractivity contribution >= 4 is 25.8 Å². The van der Waals surface area contributed by atoms with Crippen molar-refractivity contribution in [2.75, 3.05) is 11.5 Å². The van der Waals surface area contributed by atoms with Crippen LogP contribution >= 0.6 is 15.9 Å². The minimum Gasteiger partial charge on any atom is -0.489 e. The van der Waals surface area contributed by atoms with Crippen molar-refractivity contribution in [3.8, 4) is 5.75 Å². The molecule has 3 nitrogen and oxygen atoms in total. The molecule has 1 aromatic rings. The first-order valence-corrected chi connectivity index (χ1v) is 8.16. The van der Waals surface area contributed by atoms with Crippen molar-refractivity contribution in [3.05, 3.63) is 29.6 Å². The number of rotatable bonds is 3. The molecule has 1 aliphatic rings. The Balaban J connectivity index is 2.14. The Kier molecular flexibility index (Phi) is 3.73. The maximum Gasteiger partial charge on any atom is 0.154 e. The summed E-state index contributed by atoms with van der Waals surface area (Å²) in [5.41, 5.74) is 0.689. The van der Waals surface area contributed by atoms with E-state index in [0.717, 1.165) is 0 Å². The molecule has 1 heterocycles. The van der Waals surface area contributed by atoms with Crippen LogP contribution in [0.3, 0.4) is 0 Å². The lowest BCUT2D eigenvalue weighted by molar-refractivity contribution is 0.227. The van der Waals surface area contributed by atoms with E-state index in [4.69, 9.17) is 4.74 Å². The van der Waals surface area contributed by atoms with Gasteiger partial charge in [0.25, 0.3) is 0 Å². The lowest BCUT2D eigenvalue weighted by Gasteiger charge is -2.14. The first kappa shape index (κ1) is 12.8. The Labute approximate surface area is 108 Å². The van der Waals surface area contributed by atoms with Gasteiger partial charge in [-0.3, -0.25) is 0 Å². The summed E-state index contributed by atoms with van der Waals surface area (Å²) in [5.74, 6) is 0.436. The Morgan fingerprint density at radius 1 is 1.47 bits per heavy atom. The third-order valence-electron chi connectivity index (χ3n) is 2.65. The molecule has 94 valence electrons. The topological polar surface area (TPSA) is 43.4 Å². The number of alkyl halides is 1. The number of sulfone groups is 1. The van der Waals surface area contributed by atoms with Gasteiger partial charge < -0.3 is 4.74 Å². The molecule has 0 bridgehead atoms. The highest BCUT2D eigenvalue weighted by atomic mass is 79.9. The average Bonchev–Trinajstić information content (AvgIpc) is 2.61. The van der Waals surface area contributed by atoms with Crippen molar-refractivity contribution < 1.29 is 17.5 Å². The quantitative estimate of drug-likeness (QED) is 0.802. The van der Waals surface area contributed by atoms with Crippen LogP contribution in [0.25, 0.3) is 0 Å². The minimum atomic E-state index is -2.95. The van der Waals surface area contributed by atoms with E-state index in [9.17, 15) is 12.8 Å². The van der Waals surface area contributed by atoms with Crippen molar-refractivity contribution in [2.24, 2.45) is 0 Å². The second-order valence-corrected chi connectivity index (χ2v) is 6.82. The monoisotopic (exact) mass is 322 g/mol. The molecule has 0 spiro atoms. The molecule has 0 radical (unpaired) electrons. The van der Waals surface area contributed by atoms with Crippen LogP contribution in [-0.2, 0) is 15.2 Å². The summed E-state index contributed by atoms with van der Waals surface area (Å²) >= 11 is 3.25. The number of hydrogen-bond donors (Lipinski definition) is 0. The highest BCUT2D eigenvalue weighted by molar-refractivity contribution is 9.08. The molecule has 1 unspecified atom stereocenters. The van der Waals surface area contributed by atoms with Gasteiger partial charge in [0.05, 0.1) is 11.5 Å². The van der Waals surface area contributed by atoms with E-state index in [1.54, 1.807) is 0 Å². The molecular weight excluding hydrogens is 311 g/mol. The van der Waals surface area contributed by atoms with E-state index in [1.165, 1.54) is 18.2 Å². The predicted molar refractivity (Wildman–Crippen MR) is 66.7 cm³/mol. The average molecular weight is 323 g/mol. The van der Waals surface area contributed by atoms with Crippen LogP contribution in [0.15, 0.2) is 18.2 Å². The van der Waals surface area contributed by atoms with Crippen LogP contribution in [-0.4, -0.2) is 26.0 Å². The molecule has 17 heavy (non-hydrogen) atoms. The van der Waals surface area contributed by atoms with E-state index in [0.29, 0.717) is 23.1 Å². The largest absolute Gasteiger partial charge is 0.489 e. The summed E-state index contributed by atoms with van der Waals surface area (Å²) < 4.78 is 41.2. The highest BCUT2D eigenvalue weighted by Crippen LogP contribution is 2.26. The van der Waals surface area contributed by atoms with Crippen LogP contribution in [0.5, 0.6) is 5.75 Å². The van der Waals surface area contributed by atoms with Crippen molar-refractivity contribution in [1.29, 1.82) is 0 Å². The summed E-state index contributed by atoms with van der Waals surface area (Å²) in [5, 5.41) is 0.472. The first-order chi connectivity index (χ1) is 8.00. The van der Waals surface area contributed by atoms with E-state index < -0.39 is 9.84 Å². The first-order valence-electron chi connectivity index (χ1n) is 5.21. The maximum absolute atomic E-state index is 13.0. The number of ether oxygens (including phenoxy) is 1. The van der Waals surface area contributed by atoms with Gasteiger partial charge in [-0.1, -0.05) is 15.9 Å². The van der Waals surface area contributed by atoms with Crippen molar-refractivity contribution in [3.63, 3.8) is 0 Å².